The van der Waals surface area contributed by atoms with Crippen LogP contribution in [0.3, 0.4) is 0 Å². The molecule has 1 aromatic heterocycles. The Kier molecular flexibility index (Phi) is 7.77. The van der Waals surface area contributed by atoms with E-state index in [9.17, 15) is 9.59 Å². The number of rotatable bonds is 8. The Balaban J connectivity index is 1.65. The zero-order valence-electron chi connectivity index (χ0n) is 18.5. The van der Waals surface area contributed by atoms with E-state index in [1.807, 2.05) is 69.3 Å². The Bertz CT molecular complexity index is 1070. The summed E-state index contributed by atoms with van der Waals surface area (Å²) in [6.07, 6.45) is 0.790. The number of ether oxygens (including phenoxy) is 1. The van der Waals surface area contributed by atoms with E-state index in [1.165, 1.54) is 11.3 Å². The van der Waals surface area contributed by atoms with E-state index in [-0.39, 0.29) is 11.8 Å². The Hall–Kier alpha value is -3.46. The Labute approximate surface area is 191 Å². The molecule has 32 heavy (non-hydrogen) atoms. The Morgan fingerprint density at radius 3 is 2.41 bits per heavy atom. The maximum Gasteiger partial charge on any atom is 0.319 e. The molecule has 0 bridgehead atoms. The second kappa shape index (κ2) is 10.7. The molecule has 1 atom stereocenters. The fourth-order valence-corrected chi connectivity index (χ4v) is 3.84. The van der Waals surface area contributed by atoms with Crippen molar-refractivity contribution in [3.63, 3.8) is 0 Å². The minimum absolute atomic E-state index is 0.129. The average molecular weight is 454 g/mol. The lowest BCUT2D eigenvalue weighted by Crippen LogP contribution is -2.48. The first-order chi connectivity index (χ1) is 15.4. The van der Waals surface area contributed by atoms with Gasteiger partial charge in [-0.1, -0.05) is 50.3 Å². The Morgan fingerprint density at radius 2 is 1.75 bits per heavy atom. The van der Waals surface area contributed by atoms with Crippen LogP contribution in [0.1, 0.15) is 26.3 Å². The molecule has 0 fully saturated rings. The quantitative estimate of drug-likeness (QED) is 0.464. The molecule has 3 N–H and O–H groups in total. The summed E-state index contributed by atoms with van der Waals surface area (Å²) in [5.41, 5.74) is 2.62. The van der Waals surface area contributed by atoms with Crippen molar-refractivity contribution in [3.05, 3.63) is 54.1 Å². The molecule has 168 valence electrons. The highest BCUT2D eigenvalue weighted by Crippen LogP contribution is 2.28. The van der Waals surface area contributed by atoms with Crippen molar-refractivity contribution in [1.29, 1.82) is 0 Å². The van der Waals surface area contributed by atoms with Crippen LogP contribution in [0.15, 0.2) is 48.5 Å². The molecule has 1 unspecified atom stereocenters. The van der Waals surface area contributed by atoms with Crippen LogP contribution in [0.5, 0.6) is 5.75 Å². The third-order valence-corrected chi connectivity index (χ3v) is 5.76. The number of para-hydroxylation sites is 1. The van der Waals surface area contributed by atoms with Crippen molar-refractivity contribution in [3.8, 4) is 16.3 Å². The molecule has 0 aliphatic carbocycles. The van der Waals surface area contributed by atoms with Crippen molar-refractivity contribution >= 4 is 34.1 Å². The predicted molar refractivity (Wildman–Crippen MR) is 127 cm³/mol. The zero-order chi connectivity index (χ0) is 23.1. The predicted octanol–water partition coefficient (Wildman–Crippen LogP) is 4.56. The van der Waals surface area contributed by atoms with Crippen LogP contribution < -0.4 is 20.7 Å². The lowest BCUT2D eigenvalue weighted by Gasteiger charge is -2.21. The topological polar surface area (TPSA) is 105 Å². The number of nitrogens with zero attached hydrogens (tertiary/aromatic N) is 2. The summed E-state index contributed by atoms with van der Waals surface area (Å²) in [4.78, 5) is 25.4. The fraction of sp³-hybridized carbons (Fsp3) is 0.304. The molecule has 0 saturated heterocycles. The number of anilines is 2. The van der Waals surface area contributed by atoms with Crippen molar-refractivity contribution < 1.29 is 14.3 Å². The summed E-state index contributed by atoms with van der Waals surface area (Å²) in [5.74, 6) is 0.269. The van der Waals surface area contributed by atoms with Gasteiger partial charge in [-0.05, 0) is 48.2 Å². The first-order valence-corrected chi connectivity index (χ1v) is 11.2. The average Bonchev–Trinajstić information content (AvgIpc) is 3.26. The number of benzene rings is 2. The monoisotopic (exact) mass is 453 g/mol. The van der Waals surface area contributed by atoms with E-state index in [2.05, 4.69) is 26.1 Å². The van der Waals surface area contributed by atoms with Gasteiger partial charge in [0.2, 0.25) is 11.0 Å². The van der Waals surface area contributed by atoms with Crippen LogP contribution in [-0.2, 0) is 11.2 Å². The number of nitrogens with one attached hydrogen (secondary N) is 3. The van der Waals surface area contributed by atoms with Gasteiger partial charge in [0.25, 0.3) is 0 Å². The summed E-state index contributed by atoms with van der Waals surface area (Å²) in [5, 5.41) is 17.6. The zero-order valence-corrected chi connectivity index (χ0v) is 19.3. The van der Waals surface area contributed by atoms with Gasteiger partial charge in [0.15, 0.2) is 0 Å². The minimum Gasteiger partial charge on any atom is -0.497 e. The summed E-state index contributed by atoms with van der Waals surface area (Å²) in [6.45, 7) is 5.76. The van der Waals surface area contributed by atoms with Crippen molar-refractivity contribution in [2.75, 3.05) is 17.7 Å². The number of aromatic nitrogens is 2. The molecule has 3 rings (SSSR count). The van der Waals surface area contributed by atoms with Crippen LogP contribution >= 0.6 is 11.3 Å². The van der Waals surface area contributed by atoms with E-state index >= 15 is 0 Å². The third kappa shape index (κ3) is 5.82. The van der Waals surface area contributed by atoms with Crippen LogP contribution in [0.4, 0.5) is 15.6 Å². The number of hydrogen-bond acceptors (Lipinski definition) is 6. The largest absolute Gasteiger partial charge is 0.497 e. The molecule has 3 aromatic rings. The van der Waals surface area contributed by atoms with E-state index in [1.54, 1.807) is 7.11 Å². The number of carbonyl (C=O) groups is 2. The number of urea groups is 1. The molecular weight excluding hydrogens is 426 g/mol. The Morgan fingerprint density at radius 1 is 1.03 bits per heavy atom. The maximum atomic E-state index is 12.9. The van der Waals surface area contributed by atoms with Crippen molar-refractivity contribution in [2.45, 2.75) is 33.2 Å². The van der Waals surface area contributed by atoms with E-state index < -0.39 is 12.1 Å². The molecule has 0 aliphatic heterocycles. The van der Waals surface area contributed by atoms with Crippen LogP contribution in [0, 0.1) is 5.92 Å². The first-order valence-electron chi connectivity index (χ1n) is 10.4. The van der Waals surface area contributed by atoms with Gasteiger partial charge in [-0.15, -0.1) is 10.2 Å². The van der Waals surface area contributed by atoms with Crippen molar-refractivity contribution in [1.82, 2.24) is 15.5 Å². The second-order valence-corrected chi connectivity index (χ2v) is 8.44. The maximum absolute atomic E-state index is 12.9. The lowest BCUT2D eigenvalue weighted by molar-refractivity contribution is -0.118. The third-order valence-electron chi connectivity index (χ3n) is 4.87. The van der Waals surface area contributed by atoms with Gasteiger partial charge in [-0.2, -0.15) is 0 Å². The summed E-state index contributed by atoms with van der Waals surface area (Å²) in [7, 11) is 1.61. The number of hydrogen-bond donors (Lipinski definition) is 3. The molecule has 0 saturated carbocycles. The molecule has 8 nitrogen and oxygen atoms in total. The SMILES string of the molecule is CCc1ccccc1NC(=O)NC(C(=O)Nc1nnc(-c2ccc(OC)cc2)s1)C(C)C. The van der Waals surface area contributed by atoms with Crippen LogP contribution in [0.25, 0.3) is 10.6 Å². The number of methoxy groups -OCH3 is 1. The van der Waals surface area contributed by atoms with E-state index in [0.717, 1.165) is 29.0 Å². The van der Waals surface area contributed by atoms with Crippen molar-refractivity contribution in [2.24, 2.45) is 5.92 Å². The van der Waals surface area contributed by atoms with Gasteiger partial charge >= 0.3 is 6.03 Å². The highest BCUT2D eigenvalue weighted by atomic mass is 32.1. The highest BCUT2D eigenvalue weighted by Gasteiger charge is 2.25. The molecule has 2 aromatic carbocycles. The van der Waals surface area contributed by atoms with Gasteiger partial charge in [0.05, 0.1) is 7.11 Å². The highest BCUT2D eigenvalue weighted by molar-refractivity contribution is 7.18. The summed E-state index contributed by atoms with van der Waals surface area (Å²) < 4.78 is 5.16. The summed E-state index contributed by atoms with van der Waals surface area (Å²) >= 11 is 1.26. The smallest absolute Gasteiger partial charge is 0.319 e. The molecule has 1 heterocycles. The molecular formula is C23H27N5O3S. The summed E-state index contributed by atoms with van der Waals surface area (Å²) in [6, 6.07) is 13.8. The number of aryl methyl sites for hydroxylation is 1. The first kappa shape index (κ1) is 23.2. The molecule has 0 radical (unpaired) electrons. The van der Waals surface area contributed by atoms with E-state index in [4.69, 9.17) is 4.74 Å². The van der Waals surface area contributed by atoms with E-state index in [0.29, 0.717) is 10.1 Å². The minimum atomic E-state index is -0.739. The molecule has 3 amide bonds. The fourth-order valence-electron chi connectivity index (χ4n) is 3.09. The molecule has 9 heteroatoms. The van der Waals surface area contributed by atoms with Gasteiger partial charge in [0.1, 0.15) is 16.8 Å². The standard InChI is InChI=1S/C23H27N5O3S/c1-5-15-8-6-7-9-18(15)24-22(30)25-19(14(2)3)20(29)26-23-28-27-21(32-23)16-10-12-17(31-4)13-11-16/h6-14,19H,5H2,1-4H3,(H2,24,25,30)(H,26,28,29). The van der Waals surface area contributed by atoms with Crippen LogP contribution in [0.2, 0.25) is 0 Å². The molecule has 0 spiro atoms. The van der Waals surface area contributed by atoms with Gasteiger partial charge in [0, 0.05) is 11.3 Å². The lowest BCUT2D eigenvalue weighted by atomic mass is 10.0. The molecule has 0 aliphatic rings. The van der Waals surface area contributed by atoms with Crippen LogP contribution in [-0.4, -0.2) is 35.3 Å². The number of amides is 3. The van der Waals surface area contributed by atoms with Gasteiger partial charge in [-0.25, -0.2) is 4.79 Å². The van der Waals surface area contributed by atoms with Gasteiger partial charge in [-0.3, -0.25) is 10.1 Å². The second-order valence-electron chi connectivity index (χ2n) is 7.46. The number of carbonyl (C=O) groups excluding carboxylic acids is 2. The van der Waals surface area contributed by atoms with Gasteiger partial charge < -0.3 is 15.4 Å². The normalized spacial score (nSPS) is 11.7.